The summed E-state index contributed by atoms with van der Waals surface area (Å²) < 4.78 is 0. The van der Waals surface area contributed by atoms with Crippen LogP contribution in [0.3, 0.4) is 0 Å². The second-order valence-corrected chi connectivity index (χ2v) is 7.32. The first-order chi connectivity index (χ1) is 11.2. The summed E-state index contributed by atoms with van der Waals surface area (Å²) in [6, 6.07) is 0. The highest BCUT2D eigenvalue weighted by Crippen LogP contribution is 2.36. The van der Waals surface area contributed by atoms with Gasteiger partial charge in [-0.3, -0.25) is 0 Å². The fourth-order valence-electron chi connectivity index (χ4n) is 4.36. The van der Waals surface area contributed by atoms with Gasteiger partial charge in [-0.1, -0.05) is 32.1 Å². The molecule has 0 radical (unpaired) electrons. The van der Waals surface area contributed by atoms with Gasteiger partial charge >= 0.3 is 5.97 Å². The number of allylic oxidation sites excluding steroid dienone is 3. The predicted octanol–water partition coefficient (Wildman–Crippen LogP) is 3.82. The summed E-state index contributed by atoms with van der Waals surface area (Å²) >= 11 is 0. The maximum atomic E-state index is 11.6. The zero-order chi connectivity index (χ0) is 16.2. The minimum Gasteiger partial charge on any atom is -0.478 e. The zero-order valence-electron chi connectivity index (χ0n) is 14.0. The molecule has 2 aliphatic carbocycles. The Labute approximate surface area is 138 Å². The van der Waals surface area contributed by atoms with Gasteiger partial charge in [-0.25, -0.2) is 4.79 Å². The van der Waals surface area contributed by atoms with Crippen molar-refractivity contribution in [2.45, 2.75) is 76.9 Å². The van der Waals surface area contributed by atoms with Crippen molar-refractivity contribution in [2.24, 2.45) is 5.92 Å². The van der Waals surface area contributed by atoms with Crippen molar-refractivity contribution in [1.82, 2.24) is 4.90 Å². The van der Waals surface area contributed by atoms with Crippen molar-refractivity contribution in [1.29, 1.82) is 0 Å². The van der Waals surface area contributed by atoms with E-state index in [2.05, 4.69) is 0 Å². The number of nitrogens with zero attached hydrogens (tertiary/aromatic N) is 1. The molecule has 0 amide bonds. The van der Waals surface area contributed by atoms with Gasteiger partial charge in [-0.15, -0.1) is 0 Å². The minimum atomic E-state index is -0.986. The Bertz CT molecular complexity index is 503. The lowest BCUT2D eigenvalue weighted by atomic mass is 9.86. The van der Waals surface area contributed by atoms with Crippen molar-refractivity contribution >= 4 is 5.97 Å². The second kappa shape index (κ2) is 7.52. The molecule has 0 aromatic rings. The molecule has 1 saturated carbocycles. The summed E-state index contributed by atoms with van der Waals surface area (Å²) in [5.74, 6) is -0.398. The van der Waals surface area contributed by atoms with Crippen LogP contribution < -0.4 is 0 Å². The van der Waals surface area contributed by atoms with Crippen molar-refractivity contribution in [3.05, 3.63) is 22.9 Å². The molecule has 1 aliphatic heterocycles. The summed E-state index contributed by atoms with van der Waals surface area (Å²) in [4.78, 5) is 13.6. The number of aliphatic hydroxyl groups is 1. The van der Waals surface area contributed by atoms with Crippen LogP contribution in [0.2, 0.25) is 0 Å². The normalized spacial score (nSPS) is 27.1. The lowest BCUT2D eigenvalue weighted by Crippen LogP contribution is -2.44. The average Bonchev–Trinajstić information content (AvgIpc) is 2.52. The quantitative estimate of drug-likeness (QED) is 0.830. The van der Waals surface area contributed by atoms with E-state index in [1.807, 2.05) is 4.90 Å². The van der Waals surface area contributed by atoms with Crippen molar-refractivity contribution < 1.29 is 15.0 Å². The average molecular weight is 319 g/mol. The number of carboxylic acids is 1. The van der Waals surface area contributed by atoms with Crippen LogP contribution in [0.1, 0.15) is 70.6 Å². The number of aliphatic carboxylic acids is 1. The van der Waals surface area contributed by atoms with E-state index in [1.165, 1.54) is 50.6 Å². The number of rotatable bonds is 3. The summed E-state index contributed by atoms with van der Waals surface area (Å²) in [7, 11) is 0. The number of aliphatic hydroxyl groups excluding tert-OH is 1. The fraction of sp³-hybridized carbons (Fsp3) is 0.737. The molecular formula is C19H29NO3. The van der Waals surface area contributed by atoms with Crippen molar-refractivity contribution in [3.8, 4) is 0 Å². The highest BCUT2D eigenvalue weighted by molar-refractivity contribution is 5.88. The standard InChI is InChI=1S/C19H29NO3/c21-18-16(19(22)23)12-15-10-6-1-2-7-11-17(15)20(18)13-14-8-4-3-5-9-14/h12,14,18,21H,1-11,13H2,(H,22,23). The predicted molar refractivity (Wildman–Crippen MR) is 89.7 cm³/mol. The van der Waals surface area contributed by atoms with Crippen molar-refractivity contribution in [3.63, 3.8) is 0 Å². The van der Waals surface area contributed by atoms with Gasteiger partial charge in [0.15, 0.2) is 6.23 Å². The van der Waals surface area contributed by atoms with E-state index < -0.39 is 12.2 Å². The lowest BCUT2D eigenvalue weighted by molar-refractivity contribution is -0.135. The molecule has 23 heavy (non-hydrogen) atoms. The molecule has 1 atom stereocenters. The van der Waals surface area contributed by atoms with Crippen LogP contribution in [0.5, 0.6) is 0 Å². The first-order valence-electron chi connectivity index (χ1n) is 9.28. The molecule has 0 saturated heterocycles. The molecule has 1 heterocycles. The van der Waals surface area contributed by atoms with Gasteiger partial charge in [0.05, 0.1) is 5.57 Å². The van der Waals surface area contributed by atoms with Crippen LogP contribution in [0.15, 0.2) is 22.9 Å². The van der Waals surface area contributed by atoms with Crippen LogP contribution >= 0.6 is 0 Å². The van der Waals surface area contributed by atoms with Gasteiger partial charge in [0.25, 0.3) is 0 Å². The highest BCUT2D eigenvalue weighted by atomic mass is 16.4. The molecule has 0 bridgehead atoms. The molecule has 0 spiro atoms. The number of hydrogen-bond acceptors (Lipinski definition) is 3. The molecular weight excluding hydrogens is 290 g/mol. The van der Waals surface area contributed by atoms with E-state index in [1.54, 1.807) is 6.08 Å². The highest BCUT2D eigenvalue weighted by Gasteiger charge is 2.33. The third-order valence-electron chi connectivity index (χ3n) is 5.66. The van der Waals surface area contributed by atoms with E-state index in [9.17, 15) is 15.0 Å². The van der Waals surface area contributed by atoms with Gasteiger partial charge in [0, 0.05) is 12.2 Å². The third-order valence-corrected chi connectivity index (χ3v) is 5.66. The smallest absolute Gasteiger partial charge is 0.336 e. The molecule has 3 rings (SSSR count). The van der Waals surface area contributed by atoms with E-state index in [0.717, 1.165) is 37.8 Å². The Balaban J connectivity index is 1.87. The maximum absolute atomic E-state index is 11.6. The Morgan fingerprint density at radius 2 is 1.70 bits per heavy atom. The number of carbonyl (C=O) groups is 1. The second-order valence-electron chi connectivity index (χ2n) is 7.32. The zero-order valence-corrected chi connectivity index (χ0v) is 14.0. The van der Waals surface area contributed by atoms with Crippen LogP contribution in [-0.4, -0.2) is 33.9 Å². The largest absolute Gasteiger partial charge is 0.478 e. The van der Waals surface area contributed by atoms with Gasteiger partial charge < -0.3 is 15.1 Å². The van der Waals surface area contributed by atoms with Gasteiger partial charge in [0.2, 0.25) is 0 Å². The number of carboxylic acid groups (broad SMARTS) is 1. The summed E-state index contributed by atoms with van der Waals surface area (Å²) in [5.41, 5.74) is 2.52. The van der Waals surface area contributed by atoms with E-state index in [0.29, 0.717) is 5.92 Å². The van der Waals surface area contributed by atoms with E-state index in [4.69, 9.17) is 0 Å². The topological polar surface area (TPSA) is 60.8 Å². The van der Waals surface area contributed by atoms with Crippen molar-refractivity contribution in [2.75, 3.05) is 6.54 Å². The Morgan fingerprint density at radius 3 is 2.39 bits per heavy atom. The SMILES string of the molecule is O=C(O)C1=CC2=C(CCCCCC2)N(CC2CCCCC2)C1O. The van der Waals surface area contributed by atoms with Crippen LogP contribution in [-0.2, 0) is 4.79 Å². The van der Waals surface area contributed by atoms with Crippen LogP contribution in [0.25, 0.3) is 0 Å². The molecule has 0 aromatic carbocycles. The molecule has 128 valence electrons. The monoisotopic (exact) mass is 319 g/mol. The van der Waals surface area contributed by atoms with Gasteiger partial charge in [0.1, 0.15) is 0 Å². The molecule has 0 aromatic heterocycles. The molecule has 1 unspecified atom stereocenters. The molecule has 4 nitrogen and oxygen atoms in total. The summed E-state index contributed by atoms with van der Waals surface area (Å²) in [6.07, 6.45) is 13.7. The molecule has 3 aliphatic rings. The minimum absolute atomic E-state index is 0.153. The molecule has 2 N–H and O–H groups in total. The van der Waals surface area contributed by atoms with Crippen LogP contribution in [0.4, 0.5) is 0 Å². The summed E-state index contributed by atoms with van der Waals surface area (Å²) in [5, 5.41) is 20.1. The first kappa shape index (κ1) is 16.6. The van der Waals surface area contributed by atoms with Crippen LogP contribution in [0, 0.1) is 5.92 Å². The Morgan fingerprint density at radius 1 is 1.04 bits per heavy atom. The maximum Gasteiger partial charge on any atom is 0.336 e. The lowest BCUT2D eigenvalue weighted by Gasteiger charge is -2.40. The van der Waals surface area contributed by atoms with Gasteiger partial charge in [-0.05, 0) is 56.1 Å². The van der Waals surface area contributed by atoms with E-state index in [-0.39, 0.29) is 5.57 Å². The number of hydrogen-bond donors (Lipinski definition) is 2. The summed E-state index contributed by atoms with van der Waals surface area (Å²) in [6.45, 7) is 0.810. The first-order valence-corrected chi connectivity index (χ1v) is 9.28. The fourth-order valence-corrected chi connectivity index (χ4v) is 4.36. The Hall–Kier alpha value is -1.29. The molecule has 1 fully saturated rings. The molecule has 4 heteroatoms. The van der Waals surface area contributed by atoms with E-state index >= 15 is 0 Å². The van der Waals surface area contributed by atoms with Gasteiger partial charge in [-0.2, -0.15) is 0 Å². The third kappa shape index (κ3) is 3.79. The Kier molecular flexibility index (Phi) is 5.42.